The number of hydrogen-bond acceptors (Lipinski definition) is 4. The number of nitrogens with one attached hydrogen (secondary N) is 3. The van der Waals surface area contributed by atoms with Gasteiger partial charge in [-0.15, -0.1) is 11.3 Å². The minimum atomic E-state index is -0.0219. The zero-order valence-corrected chi connectivity index (χ0v) is 17.2. The standard InChI is InChI=1S/C21H29N5OS/c1-22-21(24-16-19(27)23-12-9-17-6-3-2-4-7-17)25-18-10-13-26(14-11-18)20-8-5-15-28-20/h2-8,15,18H,9-14,16H2,1H3,(H,23,27)(H2,22,24,25). The topological polar surface area (TPSA) is 68.8 Å². The lowest BCUT2D eigenvalue weighted by Crippen LogP contribution is -2.50. The molecular formula is C21H29N5OS. The molecule has 0 saturated carbocycles. The maximum atomic E-state index is 12.1. The third-order valence-corrected chi connectivity index (χ3v) is 5.80. The van der Waals surface area contributed by atoms with Gasteiger partial charge in [0.25, 0.3) is 0 Å². The number of rotatable bonds is 7. The molecule has 1 fully saturated rings. The molecule has 1 aliphatic heterocycles. The largest absolute Gasteiger partial charge is 0.363 e. The van der Waals surface area contributed by atoms with Crippen LogP contribution in [0.1, 0.15) is 18.4 Å². The summed E-state index contributed by atoms with van der Waals surface area (Å²) in [5.41, 5.74) is 1.22. The predicted octanol–water partition coefficient (Wildman–Crippen LogP) is 2.24. The minimum absolute atomic E-state index is 0.0219. The SMILES string of the molecule is CN=C(NCC(=O)NCCc1ccccc1)NC1CCN(c2cccs2)CC1. The summed E-state index contributed by atoms with van der Waals surface area (Å²) in [6, 6.07) is 14.8. The van der Waals surface area contributed by atoms with Crippen molar-refractivity contribution in [2.75, 3.05) is 38.1 Å². The molecule has 1 aliphatic rings. The van der Waals surface area contributed by atoms with Crippen LogP contribution < -0.4 is 20.9 Å². The highest BCUT2D eigenvalue weighted by atomic mass is 32.1. The summed E-state index contributed by atoms with van der Waals surface area (Å²) in [5, 5.41) is 13.0. The van der Waals surface area contributed by atoms with E-state index in [4.69, 9.17) is 0 Å². The van der Waals surface area contributed by atoms with Gasteiger partial charge < -0.3 is 20.9 Å². The van der Waals surface area contributed by atoms with E-state index in [1.807, 2.05) is 18.2 Å². The molecular weight excluding hydrogens is 370 g/mol. The van der Waals surface area contributed by atoms with E-state index >= 15 is 0 Å². The molecule has 2 aromatic rings. The van der Waals surface area contributed by atoms with Crippen LogP contribution in [0.4, 0.5) is 5.00 Å². The zero-order chi connectivity index (χ0) is 19.6. The summed E-state index contributed by atoms with van der Waals surface area (Å²) < 4.78 is 0. The lowest BCUT2D eigenvalue weighted by Gasteiger charge is -2.33. The molecule has 3 N–H and O–H groups in total. The molecule has 1 aromatic heterocycles. The summed E-state index contributed by atoms with van der Waals surface area (Å²) >= 11 is 1.79. The first-order valence-corrected chi connectivity index (χ1v) is 10.7. The van der Waals surface area contributed by atoms with Gasteiger partial charge >= 0.3 is 0 Å². The van der Waals surface area contributed by atoms with Crippen LogP contribution in [0.3, 0.4) is 0 Å². The molecule has 6 nitrogen and oxygen atoms in total. The predicted molar refractivity (Wildman–Crippen MR) is 117 cm³/mol. The number of nitrogens with zero attached hydrogens (tertiary/aromatic N) is 2. The van der Waals surface area contributed by atoms with E-state index in [9.17, 15) is 4.79 Å². The maximum Gasteiger partial charge on any atom is 0.239 e. The van der Waals surface area contributed by atoms with Crippen molar-refractivity contribution in [2.24, 2.45) is 4.99 Å². The van der Waals surface area contributed by atoms with Crippen molar-refractivity contribution >= 4 is 28.2 Å². The Bertz CT molecular complexity index is 739. The van der Waals surface area contributed by atoms with Crippen LogP contribution in [0.25, 0.3) is 0 Å². The Morgan fingerprint density at radius 2 is 1.93 bits per heavy atom. The first-order valence-electron chi connectivity index (χ1n) is 9.81. The van der Waals surface area contributed by atoms with Gasteiger partial charge in [0.05, 0.1) is 11.5 Å². The van der Waals surface area contributed by atoms with Crippen molar-refractivity contribution in [3.63, 3.8) is 0 Å². The van der Waals surface area contributed by atoms with Crippen molar-refractivity contribution in [1.82, 2.24) is 16.0 Å². The van der Waals surface area contributed by atoms with Gasteiger partial charge in [-0.2, -0.15) is 0 Å². The molecule has 0 atom stereocenters. The fourth-order valence-corrected chi connectivity index (χ4v) is 4.08. The van der Waals surface area contributed by atoms with Crippen LogP contribution >= 0.6 is 11.3 Å². The van der Waals surface area contributed by atoms with Crippen molar-refractivity contribution in [3.8, 4) is 0 Å². The van der Waals surface area contributed by atoms with Gasteiger partial charge in [-0.1, -0.05) is 30.3 Å². The molecule has 1 saturated heterocycles. The highest BCUT2D eigenvalue weighted by Crippen LogP contribution is 2.24. The summed E-state index contributed by atoms with van der Waals surface area (Å²) in [6.07, 6.45) is 2.95. The van der Waals surface area contributed by atoms with Gasteiger partial charge in [0.2, 0.25) is 5.91 Å². The monoisotopic (exact) mass is 399 g/mol. The van der Waals surface area contributed by atoms with Crippen molar-refractivity contribution in [3.05, 3.63) is 53.4 Å². The van der Waals surface area contributed by atoms with Gasteiger partial charge in [0.15, 0.2) is 5.96 Å². The first-order chi connectivity index (χ1) is 13.7. The first kappa shape index (κ1) is 20.2. The van der Waals surface area contributed by atoms with Crippen molar-refractivity contribution in [2.45, 2.75) is 25.3 Å². The number of aliphatic imine (C=N–C) groups is 1. The van der Waals surface area contributed by atoms with E-state index in [0.29, 0.717) is 18.5 Å². The third kappa shape index (κ3) is 6.27. The Hall–Kier alpha value is -2.54. The molecule has 7 heteroatoms. The molecule has 1 aromatic carbocycles. The van der Waals surface area contributed by atoms with Gasteiger partial charge in [-0.25, -0.2) is 0 Å². The van der Waals surface area contributed by atoms with E-state index in [2.05, 4.69) is 55.5 Å². The quantitative estimate of drug-likeness (QED) is 0.493. The van der Waals surface area contributed by atoms with E-state index in [1.165, 1.54) is 10.6 Å². The van der Waals surface area contributed by atoms with Gasteiger partial charge in [-0.05, 0) is 42.3 Å². The summed E-state index contributed by atoms with van der Waals surface area (Å²) in [6.45, 7) is 2.94. The Labute approximate surface area is 171 Å². The second-order valence-electron chi connectivity index (χ2n) is 6.87. The number of amides is 1. The van der Waals surface area contributed by atoms with Crippen molar-refractivity contribution < 1.29 is 4.79 Å². The molecule has 0 aliphatic carbocycles. The number of benzene rings is 1. The second-order valence-corrected chi connectivity index (χ2v) is 7.79. The fraction of sp³-hybridized carbons (Fsp3) is 0.429. The van der Waals surface area contributed by atoms with Crippen LogP contribution in [0.5, 0.6) is 0 Å². The van der Waals surface area contributed by atoms with E-state index in [0.717, 1.165) is 32.4 Å². The molecule has 150 valence electrons. The van der Waals surface area contributed by atoms with Crippen LogP contribution in [0.2, 0.25) is 0 Å². The molecule has 28 heavy (non-hydrogen) atoms. The van der Waals surface area contributed by atoms with Gasteiger partial charge in [0, 0.05) is 32.7 Å². The number of piperidine rings is 1. The van der Waals surface area contributed by atoms with E-state index < -0.39 is 0 Å². The van der Waals surface area contributed by atoms with E-state index in [1.54, 1.807) is 18.4 Å². The van der Waals surface area contributed by atoms with Crippen LogP contribution in [0, 0.1) is 0 Å². The molecule has 0 radical (unpaired) electrons. The molecule has 0 spiro atoms. The Balaban J connectivity index is 1.32. The summed E-state index contributed by atoms with van der Waals surface area (Å²) in [7, 11) is 1.74. The minimum Gasteiger partial charge on any atom is -0.363 e. The van der Waals surface area contributed by atoms with Crippen LogP contribution in [-0.2, 0) is 11.2 Å². The van der Waals surface area contributed by atoms with E-state index in [-0.39, 0.29) is 12.5 Å². The highest BCUT2D eigenvalue weighted by molar-refractivity contribution is 7.14. The number of carbonyl (C=O) groups is 1. The average Bonchev–Trinajstić information content (AvgIpc) is 3.27. The molecule has 0 unspecified atom stereocenters. The average molecular weight is 400 g/mol. The normalized spacial score (nSPS) is 15.3. The summed E-state index contributed by atoms with van der Waals surface area (Å²) in [5.74, 6) is 0.666. The van der Waals surface area contributed by atoms with Gasteiger partial charge in [-0.3, -0.25) is 9.79 Å². The number of thiophene rings is 1. The second kappa shape index (κ2) is 10.7. The molecule has 3 rings (SSSR count). The molecule has 0 bridgehead atoms. The highest BCUT2D eigenvalue weighted by Gasteiger charge is 2.20. The number of carbonyl (C=O) groups excluding carboxylic acids is 1. The van der Waals surface area contributed by atoms with Crippen molar-refractivity contribution in [1.29, 1.82) is 0 Å². The van der Waals surface area contributed by atoms with Crippen LogP contribution in [-0.4, -0.2) is 51.1 Å². The lowest BCUT2D eigenvalue weighted by molar-refractivity contribution is -0.119. The Morgan fingerprint density at radius 1 is 1.14 bits per heavy atom. The smallest absolute Gasteiger partial charge is 0.239 e. The third-order valence-electron chi connectivity index (χ3n) is 4.87. The lowest BCUT2D eigenvalue weighted by atomic mass is 10.1. The number of anilines is 1. The Kier molecular flexibility index (Phi) is 7.72. The number of guanidine groups is 1. The van der Waals surface area contributed by atoms with Gasteiger partial charge in [0.1, 0.15) is 0 Å². The number of hydrogen-bond donors (Lipinski definition) is 3. The molecule has 2 heterocycles. The fourth-order valence-electron chi connectivity index (χ4n) is 3.30. The maximum absolute atomic E-state index is 12.1. The van der Waals surface area contributed by atoms with Crippen LogP contribution in [0.15, 0.2) is 52.8 Å². The Morgan fingerprint density at radius 3 is 2.61 bits per heavy atom. The molecule has 1 amide bonds. The summed E-state index contributed by atoms with van der Waals surface area (Å²) in [4.78, 5) is 18.7. The zero-order valence-electron chi connectivity index (χ0n) is 16.4.